The zero-order valence-electron chi connectivity index (χ0n) is 13.1. The minimum absolute atomic E-state index is 0.211. The van der Waals surface area contributed by atoms with Crippen molar-refractivity contribution in [1.82, 2.24) is 4.90 Å². The second-order valence-electron chi connectivity index (χ2n) is 5.68. The maximum atomic E-state index is 12.6. The van der Waals surface area contributed by atoms with Gasteiger partial charge in [0.25, 0.3) is 0 Å². The molecule has 3 rings (SSSR count). The number of benzene rings is 1. The van der Waals surface area contributed by atoms with Gasteiger partial charge in [-0.1, -0.05) is 17.7 Å². The van der Waals surface area contributed by atoms with Crippen LogP contribution in [0, 0.1) is 0 Å². The topological polar surface area (TPSA) is 57.7 Å². The van der Waals surface area contributed by atoms with E-state index in [9.17, 15) is 13.2 Å². The molecule has 0 N–H and O–H groups in total. The number of carbonyl (C=O) groups excluding carboxylic acids is 1. The maximum Gasteiger partial charge on any atom is 0.243 e. The van der Waals surface area contributed by atoms with Crippen molar-refractivity contribution in [1.29, 1.82) is 0 Å². The number of hydrogen-bond donors (Lipinski definition) is 0. The minimum Gasteiger partial charge on any atom is -0.336 e. The second-order valence-corrected chi connectivity index (χ2v) is 9.03. The van der Waals surface area contributed by atoms with Crippen molar-refractivity contribution in [2.24, 2.45) is 0 Å². The van der Waals surface area contributed by atoms with Crippen LogP contribution in [0.3, 0.4) is 0 Å². The van der Waals surface area contributed by atoms with E-state index in [4.69, 9.17) is 11.6 Å². The lowest BCUT2D eigenvalue weighted by atomic mass is 10.1. The molecule has 1 aromatic carbocycles. The molecular weight excluding hydrogens is 368 g/mol. The average Bonchev–Trinajstić information content (AvgIpc) is 2.98. The summed E-state index contributed by atoms with van der Waals surface area (Å²) in [5.41, 5.74) is 1.54. The molecule has 0 unspecified atom stereocenters. The summed E-state index contributed by atoms with van der Waals surface area (Å²) in [6.45, 7) is 0.920. The summed E-state index contributed by atoms with van der Waals surface area (Å²) in [5, 5.41) is 2.45. The number of halogens is 1. The Balaban J connectivity index is 1.80. The lowest BCUT2D eigenvalue weighted by molar-refractivity contribution is -0.130. The fourth-order valence-electron chi connectivity index (χ4n) is 2.72. The number of anilines is 1. The number of nitrogens with zero attached hydrogens (tertiary/aromatic N) is 2. The van der Waals surface area contributed by atoms with Gasteiger partial charge in [0.2, 0.25) is 15.9 Å². The van der Waals surface area contributed by atoms with Gasteiger partial charge >= 0.3 is 0 Å². The summed E-state index contributed by atoms with van der Waals surface area (Å²) in [4.78, 5) is 15.6. The van der Waals surface area contributed by atoms with E-state index >= 15 is 0 Å². The predicted molar refractivity (Wildman–Crippen MR) is 97.1 cm³/mol. The molecule has 2 aromatic rings. The van der Waals surface area contributed by atoms with Crippen molar-refractivity contribution in [2.75, 3.05) is 23.7 Å². The van der Waals surface area contributed by atoms with Gasteiger partial charge in [0, 0.05) is 23.0 Å². The molecule has 0 radical (unpaired) electrons. The molecule has 1 amide bonds. The van der Waals surface area contributed by atoms with Gasteiger partial charge in [-0.3, -0.25) is 9.10 Å². The highest BCUT2D eigenvalue weighted by Crippen LogP contribution is 2.25. The Morgan fingerprint density at radius 1 is 1.38 bits per heavy atom. The summed E-state index contributed by atoms with van der Waals surface area (Å²) >= 11 is 7.65. The fourth-order valence-corrected chi connectivity index (χ4v) is 4.63. The number of hydrogen-bond acceptors (Lipinski definition) is 4. The van der Waals surface area contributed by atoms with E-state index in [-0.39, 0.29) is 12.5 Å². The van der Waals surface area contributed by atoms with Gasteiger partial charge in [-0.25, -0.2) is 8.42 Å². The molecule has 0 bridgehead atoms. The highest BCUT2D eigenvalue weighted by molar-refractivity contribution is 7.92. The summed E-state index contributed by atoms with van der Waals surface area (Å²) in [6, 6.07) is 8.52. The number of rotatable bonds is 4. The molecule has 0 aliphatic carbocycles. The van der Waals surface area contributed by atoms with Crippen LogP contribution in [0.4, 0.5) is 5.69 Å². The Kier molecular flexibility index (Phi) is 4.85. The minimum atomic E-state index is -3.59. The van der Waals surface area contributed by atoms with Crippen molar-refractivity contribution in [2.45, 2.75) is 13.0 Å². The molecule has 0 fully saturated rings. The molecular formula is C16H17ClN2O3S2. The van der Waals surface area contributed by atoms with Gasteiger partial charge < -0.3 is 4.90 Å². The Labute approximate surface area is 150 Å². The van der Waals surface area contributed by atoms with E-state index in [1.807, 2.05) is 11.4 Å². The molecule has 0 atom stereocenters. The molecule has 24 heavy (non-hydrogen) atoms. The number of thiophene rings is 1. The van der Waals surface area contributed by atoms with Crippen LogP contribution in [0.1, 0.15) is 10.4 Å². The van der Waals surface area contributed by atoms with Crippen molar-refractivity contribution in [3.8, 4) is 0 Å². The van der Waals surface area contributed by atoms with Crippen LogP contribution >= 0.6 is 22.9 Å². The highest BCUT2D eigenvalue weighted by Gasteiger charge is 2.26. The first kappa shape index (κ1) is 17.3. The third-order valence-corrected chi connectivity index (χ3v) is 6.33. The zero-order chi connectivity index (χ0) is 17.3. The fraction of sp³-hybridized carbons (Fsp3) is 0.312. The Morgan fingerprint density at radius 2 is 2.17 bits per heavy atom. The Bertz CT molecular complexity index is 864. The van der Waals surface area contributed by atoms with E-state index in [1.54, 1.807) is 40.5 Å². The summed E-state index contributed by atoms with van der Waals surface area (Å²) in [7, 11) is -3.59. The largest absolute Gasteiger partial charge is 0.336 e. The lowest BCUT2D eigenvalue weighted by Gasteiger charge is -2.30. The van der Waals surface area contributed by atoms with Gasteiger partial charge in [0.1, 0.15) is 6.54 Å². The summed E-state index contributed by atoms with van der Waals surface area (Å²) in [5.74, 6) is -0.211. The molecule has 1 aliphatic rings. The molecule has 1 aromatic heterocycles. The quantitative estimate of drug-likeness (QED) is 0.814. The van der Waals surface area contributed by atoms with E-state index < -0.39 is 10.0 Å². The average molecular weight is 385 g/mol. The third kappa shape index (κ3) is 3.74. The van der Waals surface area contributed by atoms with Crippen molar-refractivity contribution in [3.63, 3.8) is 0 Å². The van der Waals surface area contributed by atoms with Gasteiger partial charge in [0.05, 0.1) is 11.9 Å². The van der Waals surface area contributed by atoms with E-state index in [0.29, 0.717) is 23.8 Å². The Morgan fingerprint density at radius 3 is 2.88 bits per heavy atom. The smallest absolute Gasteiger partial charge is 0.243 e. The van der Waals surface area contributed by atoms with E-state index in [0.717, 1.165) is 22.5 Å². The molecule has 0 spiro atoms. The summed E-state index contributed by atoms with van der Waals surface area (Å²) in [6.07, 6.45) is 1.91. The van der Waals surface area contributed by atoms with Crippen LogP contribution in [-0.4, -0.2) is 38.6 Å². The first-order valence-corrected chi connectivity index (χ1v) is 10.5. The number of amides is 1. The molecule has 0 saturated carbocycles. The molecule has 128 valence electrons. The SMILES string of the molecule is CS(=O)(=O)N(CC(=O)N1CCc2sccc2C1)c1cccc(Cl)c1. The van der Waals surface area contributed by atoms with Crippen LogP contribution < -0.4 is 4.31 Å². The lowest BCUT2D eigenvalue weighted by Crippen LogP contribution is -2.44. The highest BCUT2D eigenvalue weighted by atomic mass is 35.5. The maximum absolute atomic E-state index is 12.6. The van der Waals surface area contributed by atoms with Gasteiger partial charge in [-0.2, -0.15) is 0 Å². The molecule has 5 nitrogen and oxygen atoms in total. The van der Waals surface area contributed by atoms with Crippen molar-refractivity contribution < 1.29 is 13.2 Å². The molecule has 8 heteroatoms. The number of carbonyl (C=O) groups is 1. The van der Waals surface area contributed by atoms with Crippen LogP contribution in [0.25, 0.3) is 0 Å². The van der Waals surface area contributed by atoms with Crippen LogP contribution in [0.5, 0.6) is 0 Å². The van der Waals surface area contributed by atoms with Crippen LogP contribution in [-0.2, 0) is 27.8 Å². The molecule has 1 aliphatic heterocycles. The predicted octanol–water partition coefficient (Wildman–Crippen LogP) is 2.75. The summed E-state index contributed by atoms with van der Waals surface area (Å²) < 4.78 is 25.4. The monoisotopic (exact) mass is 384 g/mol. The molecule has 2 heterocycles. The standard InChI is InChI=1S/C16H17ClN2O3S2/c1-24(21,22)19(14-4-2-3-13(17)9-14)11-16(20)18-7-5-15-12(10-18)6-8-23-15/h2-4,6,8-9H,5,7,10-11H2,1H3. The Hall–Kier alpha value is -1.57. The van der Waals surface area contributed by atoms with Gasteiger partial charge in [-0.05, 0) is 41.6 Å². The van der Waals surface area contributed by atoms with E-state index in [1.165, 1.54) is 4.88 Å². The van der Waals surface area contributed by atoms with Crippen molar-refractivity contribution >= 4 is 44.6 Å². The number of fused-ring (bicyclic) bond motifs is 1. The van der Waals surface area contributed by atoms with Gasteiger partial charge in [-0.15, -0.1) is 11.3 Å². The zero-order valence-corrected chi connectivity index (χ0v) is 15.5. The normalized spacial score (nSPS) is 14.3. The van der Waals surface area contributed by atoms with Crippen molar-refractivity contribution in [3.05, 3.63) is 51.2 Å². The first-order valence-electron chi connectivity index (χ1n) is 7.41. The van der Waals surface area contributed by atoms with E-state index in [2.05, 4.69) is 0 Å². The van der Waals surface area contributed by atoms with Gasteiger partial charge in [0.15, 0.2) is 0 Å². The number of sulfonamides is 1. The molecule has 0 saturated heterocycles. The third-order valence-electron chi connectivity index (χ3n) is 3.94. The van der Waals surface area contributed by atoms with Crippen LogP contribution in [0.2, 0.25) is 5.02 Å². The first-order chi connectivity index (χ1) is 11.3. The van der Waals surface area contributed by atoms with Crippen LogP contribution in [0.15, 0.2) is 35.7 Å². The second kappa shape index (κ2) is 6.74.